The summed E-state index contributed by atoms with van der Waals surface area (Å²) in [6.07, 6.45) is 1.73. The second-order valence-electron chi connectivity index (χ2n) is 8.65. The van der Waals surface area contributed by atoms with Gasteiger partial charge in [0.15, 0.2) is 0 Å². The van der Waals surface area contributed by atoms with Crippen LogP contribution in [0.5, 0.6) is 0 Å². The normalized spacial score (nSPS) is 10.8. The Balaban J connectivity index is 1.47. The van der Waals surface area contributed by atoms with E-state index in [1.807, 2.05) is 30.3 Å². The number of hydrogen-bond acceptors (Lipinski definition) is 5. The van der Waals surface area contributed by atoms with Crippen molar-refractivity contribution in [3.05, 3.63) is 154 Å². The van der Waals surface area contributed by atoms with E-state index in [1.54, 1.807) is 6.20 Å². The van der Waals surface area contributed by atoms with Crippen molar-refractivity contribution in [3.63, 3.8) is 0 Å². The number of rotatable bonds is 6. The zero-order valence-electron chi connectivity index (χ0n) is 20.5. The van der Waals surface area contributed by atoms with Crippen LogP contribution in [0.4, 0.5) is 0 Å². The van der Waals surface area contributed by atoms with E-state index in [0.29, 0.717) is 5.69 Å². The van der Waals surface area contributed by atoms with Gasteiger partial charge in [-0.3, -0.25) is 0 Å². The van der Waals surface area contributed by atoms with Crippen molar-refractivity contribution in [2.75, 3.05) is 0 Å². The molecule has 0 aliphatic rings. The van der Waals surface area contributed by atoms with E-state index >= 15 is 0 Å². The van der Waals surface area contributed by atoms with Crippen LogP contribution in [0.25, 0.3) is 28.4 Å². The summed E-state index contributed by atoms with van der Waals surface area (Å²) in [6.45, 7) is 0. The molecule has 0 radical (unpaired) electrons. The molecule has 6 rings (SSSR count). The Bertz CT molecular complexity index is 1690. The highest BCUT2D eigenvalue weighted by atomic mass is 35.5. The van der Waals surface area contributed by atoms with Gasteiger partial charge in [-0.1, -0.05) is 120 Å². The largest absolute Gasteiger partial charge is 0.257 e. The smallest absolute Gasteiger partial charge is 0.187 e. The lowest BCUT2D eigenvalue weighted by atomic mass is 9.85. The van der Waals surface area contributed by atoms with Gasteiger partial charge in [-0.25, -0.2) is 0 Å². The van der Waals surface area contributed by atoms with Gasteiger partial charge in [0.25, 0.3) is 5.95 Å². The highest BCUT2D eigenvalue weighted by Gasteiger charge is 2.17. The first kappa shape index (κ1) is 24.7. The summed E-state index contributed by atoms with van der Waals surface area (Å²) < 4.78 is 1.42. The van der Waals surface area contributed by atoms with Gasteiger partial charge < -0.3 is 0 Å². The average molecular weight is 547 g/mol. The molecule has 6 aromatic rings. The van der Waals surface area contributed by atoms with Gasteiger partial charge in [0, 0.05) is 5.56 Å². The van der Waals surface area contributed by atoms with Gasteiger partial charge in [0.05, 0.1) is 6.20 Å². The van der Waals surface area contributed by atoms with Crippen LogP contribution in [0.2, 0.25) is 10.6 Å². The maximum atomic E-state index is 5.92. The second-order valence-corrected chi connectivity index (χ2v) is 9.32. The number of nitrogens with zero attached hydrogens (tertiary/aromatic N) is 6. The van der Waals surface area contributed by atoms with Crippen LogP contribution in [0.1, 0.15) is 22.3 Å². The van der Waals surface area contributed by atoms with Crippen molar-refractivity contribution in [3.8, 4) is 17.2 Å². The molecule has 0 fully saturated rings. The third-order valence-electron chi connectivity index (χ3n) is 6.17. The van der Waals surface area contributed by atoms with Gasteiger partial charge >= 0.3 is 0 Å². The fraction of sp³-hybridized carbons (Fsp3) is 0. The van der Waals surface area contributed by atoms with E-state index in [2.05, 4.69) is 110 Å². The quantitative estimate of drug-likeness (QED) is 0.203. The Labute approximate surface area is 235 Å². The Morgan fingerprint density at radius 2 is 0.949 bits per heavy atom. The summed E-state index contributed by atoms with van der Waals surface area (Å²) in [7, 11) is 0. The first-order valence-corrected chi connectivity index (χ1v) is 12.9. The van der Waals surface area contributed by atoms with Crippen LogP contribution in [-0.2, 0) is 0 Å². The standard InChI is InChI=1S/C31H20Cl2N6/c32-29-34-30(33)36-31(35-29)39-20-26(37-38-39)21-16-18-25(19-17-21)28(24-14-8-3-9-15-24)27(22-10-4-1-5-11-22)23-12-6-2-7-13-23/h1-20H. The first-order chi connectivity index (χ1) is 19.2. The Hall–Kier alpha value is -4.65. The molecule has 0 atom stereocenters. The lowest BCUT2D eigenvalue weighted by Gasteiger charge is -2.18. The topological polar surface area (TPSA) is 69.4 Å². The zero-order valence-corrected chi connectivity index (χ0v) is 22.0. The van der Waals surface area contributed by atoms with Crippen LogP contribution in [-0.4, -0.2) is 29.9 Å². The molecule has 0 saturated carbocycles. The molecule has 0 aliphatic heterocycles. The van der Waals surface area contributed by atoms with E-state index < -0.39 is 0 Å². The number of hydrogen-bond donors (Lipinski definition) is 0. The summed E-state index contributed by atoms with van der Waals surface area (Å²) in [5.41, 5.74) is 8.34. The summed E-state index contributed by atoms with van der Waals surface area (Å²) in [4.78, 5) is 11.9. The van der Waals surface area contributed by atoms with Crippen molar-refractivity contribution in [2.45, 2.75) is 0 Å². The second kappa shape index (κ2) is 11.0. The minimum atomic E-state index is -0.0146. The van der Waals surface area contributed by atoms with Gasteiger partial charge in [-0.15, -0.1) is 5.10 Å². The van der Waals surface area contributed by atoms with Gasteiger partial charge in [0.2, 0.25) is 10.6 Å². The van der Waals surface area contributed by atoms with Crippen molar-refractivity contribution in [1.29, 1.82) is 0 Å². The molecule has 2 heterocycles. The number of benzene rings is 4. The monoisotopic (exact) mass is 546 g/mol. The molecule has 39 heavy (non-hydrogen) atoms. The lowest BCUT2D eigenvalue weighted by molar-refractivity contribution is 0.747. The zero-order chi connectivity index (χ0) is 26.6. The van der Waals surface area contributed by atoms with Gasteiger partial charge in [0.1, 0.15) is 5.69 Å². The fourth-order valence-corrected chi connectivity index (χ4v) is 4.80. The molecule has 6 nitrogen and oxygen atoms in total. The predicted octanol–water partition coefficient (Wildman–Crippen LogP) is 7.43. The van der Waals surface area contributed by atoms with Crippen LogP contribution < -0.4 is 0 Å². The van der Waals surface area contributed by atoms with Crippen LogP contribution in [0.15, 0.2) is 121 Å². The van der Waals surface area contributed by atoms with Crippen molar-refractivity contribution >= 4 is 34.3 Å². The summed E-state index contributed by atoms with van der Waals surface area (Å²) in [5, 5.41) is 8.42. The number of halogens is 2. The van der Waals surface area contributed by atoms with E-state index in [9.17, 15) is 0 Å². The molecule has 2 aromatic heterocycles. The molecule has 0 saturated heterocycles. The molecular weight excluding hydrogens is 527 g/mol. The van der Waals surface area contributed by atoms with E-state index in [0.717, 1.165) is 39.0 Å². The maximum Gasteiger partial charge on any atom is 0.257 e. The molecule has 188 valence electrons. The summed E-state index contributed by atoms with van der Waals surface area (Å²) in [6, 6.07) is 39.7. The van der Waals surface area contributed by atoms with Gasteiger partial charge in [-0.05, 0) is 56.6 Å². The molecule has 0 N–H and O–H groups in total. The first-order valence-electron chi connectivity index (χ1n) is 12.2. The fourth-order valence-electron chi connectivity index (χ4n) is 4.45. The van der Waals surface area contributed by atoms with Crippen molar-refractivity contribution in [1.82, 2.24) is 29.9 Å². The summed E-state index contributed by atoms with van der Waals surface area (Å²) in [5.74, 6) is 0.194. The lowest BCUT2D eigenvalue weighted by Crippen LogP contribution is -2.03. The molecule has 0 bridgehead atoms. The molecular formula is C31H20Cl2N6. The highest BCUT2D eigenvalue weighted by molar-refractivity contribution is 6.31. The minimum Gasteiger partial charge on any atom is -0.187 e. The highest BCUT2D eigenvalue weighted by Crippen LogP contribution is 2.37. The Kier molecular flexibility index (Phi) is 6.95. The van der Waals surface area contributed by atoms with Crippen LogP contribution in [0.3, 0.4) is 0 Å². The molecule has 4 aromatic carbocycles. The Morgan fingerprint density at radius 1 is 0.513 bits per heavy atom. The van der Waals surface area contributed by atoms with E-state index in [4.69, 9.17) is 23.2 Å². The molecule has 0 aliphatic carbocycles. The van der Waals surface area contributed by atoms with Crippen molar-refractivity contribution in [2.24, 2.45) is 0 Å². The average Bonchev–Trinajstić information content (AvgIpc) is 3.48. The molecule has 8 heteroatoms. The third-order valence-corrected chi connectivity index (χ3v) is 6.51. The molecule has 0 spiro atoms. The van der Waals surface area contributed by atoms with Crippen LogP contribution >= 0.6 is 23.2 Å². The number of aromatic nitrogens is 6. The summed E-state index contributed by atoms with van der Waals surface area (Å²) >= 11 is 11.8. The van der Waals surface area contributed by atoms with Crippen molar-refractivity contribution < 1.29 is 0 Å². The Morgan fingerprint density at radius 3 is 1.41 bits per heavy atom. The SMILES string of the molecule is Clc1nc(Cl)nc(-n2cc(-c3ccc(C(=C(c4ccccc4)c4ccccc4)c4ccccc4)cc3)nn2)n1. The van der Waals surface area contributed by atoms with Gasteiger partial charge in [-0.2, -0.15) is 19.6 Å². The minimum absolute atomic E-state index is 0.0146. The molecule has 0 unspecified atom stereocenters. The predicted molar refractivity (Wildman–Crippen MR) is 155 cm³/mol. The maximum absolute atomic E-state index is 5.92. The third kappa shape index (κ3) is 5.34. The van der Waals surface area contributed by atoms with E-state index in [-0.39, 0.29) is 16.5 Å². The molecule has 0 amide bonds. The van der Waals surface area contributed by atoms with E-state index in [1.165, 1.54) is 4.68 Å². The van der Waals surface area contributed by atoms with Crippen LogP contribution in [0, 0.1) is 0 Å².